The summed E-state index contributed by atoms with van der Waals surface area (Å²) in [4.78, 5) is 27.4. The maximum Gasteiger partial charge on any atom is 0.251 e. The predicted molar refractivity (Wildman–Crippen MR) is 102 cm³/mol. The second-order valence-corrected chi connectivity index (χ2v) is 6.34. The number of hydrogen-bond acceptors (Lipinski definition) is 3. The third-order valence-electron chi connectivity index (χ3n) is 4.52. The van der Waals surface area contributed by atoms with E-state index in [0.29, 0.717) is 23.2 Å². The number of aromatic amines is 1. The number of carbonyl (C=O) groups excluding carboxylic acids is 1. The molecule has 1 amide bonds. The maximum atomic E-state index is 12.3. The van der Waals surface area contributed by atoms with Crippen molar-refractivity contribution in [3.63, 3.8) is 0 Å². The van der Waals surface area contributed by atoms with E-state index in [9.17, 15) is 9.59 Å². The quantitative estimate of drug-likeness (QED) is 0.758. The highest BCUT2D eigenvalue weighted by Crippen LogP contribution is 2.19. The van der Waals surface area contributed by atoms with Crippen molar-refractivity contribution in [2.75, 3.05) is 5.32 Å². The lowest BCUT2D eigenvalue weighted by Crippen LogP contribution is -2.17. The molecule has 5 heteroatoms. The molecule has 0 atom stereocenters. The van der Waals surface area contributed by atoms with Crippen LogP contribution in [0.5, 0.6) is 0 Å². The molecule has 2 aromatic carbocycles. The monoisotopic (exact) mass is 345 g/mol. The van der Waals surface area contributed by atoms with E-state index in [1.165, 1.54) is 0 Å². The molecule has 26 heavy (non-hydrogen) atoms. The normalized spacial score (nSPS) is 10.5. The third-order valence-corrected chi connectivity index (χ3v) is 4.52. The first kappa shape index (κ1) is 17.4. The van der Waals surface area contributed by atoms with Crippen molar-refractivity contribution in [2.24, 2.45) is 0 Å². The number of benzene rings is 2. The van der Waals surface area contributed by atoms with Crippen LogP contribution >= 0.6 is 0 Å². The van der Waals surface area contributed by atoms with Crippen molar-refractivity contribution < 1.29 is 4.79 Å². The zero-order valence-electron chi connectivity index (χ0n) is 14.7. The van der Waals surface area contributed by atoms with Gasteiger partial charge in [0.2, 0.25) is 5.91 Å². The van der Waals surface area contributed by atoms with Crippen LogP contribution in [0.4, 0.5) is 5.69 Å². The van der Waals surface area contributed by atoms with Crippen LogP contribution in [0.3, 0.4) is 0 Å². The maximum absolute atomic E-state index is 12.3. The number of rotatable bonds is 4. The third kappa shape index (κ3) is 3.65. The minimum atomic E-state index is -0.195. The lowest BCUT2D eigenvalue weighted by molar-refractivity contribution is -0.116. The topological polar surface area (TPSA) is 85.8 Å². The number of nitriles is 1. The second kappa shape index (κ2) is 7.24. The summed E-state index contributed by atoms with van der Waals surface area (Å²) in [7, 11) is 0. The standard InChI is InChI=1S/C21H19N3O2/c1-13-6-7-16-11-17(21(26)24-20(16)14(13)2)8-9-19(25)23-18-5-3-4-15(10-18)12-22/h3-7,10-11H,8-9H2,1-2H3,(H,23,25)(H,24,26). The molecular formula is C21H19N3O2. The number of hydrogen-bond donors (Lipinski definition) is 2. The Hall–Kier alpha value is -3.39. The molecule has 0 radical (unpaired) electrons. The Balaban J connectivity index is 1.74. The van der Waals surface area contributed by atoms with Crippen LogP contribution in [0, 0.1) is 25.2 Å². The largest absolute Gasteiger partial charge is 0.326 e. The van der Waals surface area contributed by atoms with Gasteiger partial charge in [0.15, 0.2) is 0 Å². The van der Waals surface area contributed by atoms with Crippen molar-refractivity contribution in [1.29, 1.82) is 5.26 Å². The van der Waals surface area contributed by atoms with Crippen molar-refractivity contribution in [3.05, 3.63) is 75.1 Å². The number of nitrogens with one attached hydrogen (secondary N) is 2. The van der Waals surface area contributed by atoms with E-state index in [-0.39, 0.29) is 17.9 Å². The van der Waals surface area contributed by atoms with Crippen molar-refractivity contribution in [3.8, 4) is 6.07 Å². The number of H-pyrrole nitrogens is 1. The fraction of sp³-hybridized carbons (Fsp3) is 0.190. The molecule has 0 spiro atoms. The van der Waals surface area contributed by atoms with E-state index >= 15 is 0 Å². The van der Waals surface area contributed by atoms with E-state index in [4.69, 9.17) is 5.26 Å². The van der Waals surface area contributed by atoms with Gasteiger partial charge in [0.05, 0.1) is 17.1 Å². The molecule has 3 rings (SSSR count). The Bertz CT molecular complexity index is 1090. The van der Waals surface area contributed by atoms with Crippen molar-refractivity contribution in [2.45, 2.75) is 26.7 Å². The SMILES string of the molecule is Cc1ccc2cc(CCC(=O)Nc3cccc(C#N)c3)c(=O)[nH]c2c1C. The van der Waals surface area contributed by atoms with E-state index in [1.54, 1.807) is 24.3 Å². The number of fused-ring (bicyclic) bond motifs is 1. The highest BCUT2D eigenvalue weighted by molar-refractivity contribution is 5.91. The molecule has 0 aliphatic heterocycles. The second-order valence-electron chi connectivity index (χ2n) is 6.34. The molecule has 5 nitrogen and oxygen atoms in total. The molecule has 3 aromatic rings. The number of aromatic nitrogens is 1. The predicted octanol–water partition coefficient (Wildman–Crippen LogP) is 3.59. The lowest BCUT2D eigenvalue weighted by Gasteiger charge is -2.08. The van der Waals surface area contributed by atoms with Crippen LogP contribution < -0.4 is 10.9 Å². The highest BCUT2D eigenvalue weighted by atomic mass is 16.1. The van der Waals surface area contributed by atoms with Gasteiger partial charge >= 0.3 is 0 Å². The van der Waals surface area contributed by atoms with Crippen molar-refractivity contribution in [1.82, 2.24) is 4.98 Å². The average molecular weight is 345 g/mol. The van der Waals surface area contributed by atoms with Gasteiger partial charge in [0.25, 0.3) is 5.56 Å². The fourth-order valence-corrected chi connectivity index (χ4v) is 2.89. The molecule has 130 valence electrons. The Morgan fingerprint density at radius 2 is 2.00 bits per heavy atom. The molecule has 0 saturated heterocycles. The molecular weight excluding hydrogens is 326 g/mol. The smallest absolute Gasteiger partial charge is 0.251 e. The Labute approximate surface area is 151 Å². The molecule has 2 N–H and O–H groups in total. The summed E-state index contributed by atoms with van der Waals surface area (Å²) in [6.45, 7) is 3.99. The van der Waals surface area contributed by atoms with E-state index in [2.05, 4.69) is 10.3 Å². The van der Waals surface area contributed by atoms with E-state index < -0.39 is 0 Å². The summed E-state index contributed by atoms with van der Waals surface area (Å²) in [5.41, 5.74) is 4.51. The Kier molecular flexibility index (Phi) is 4.85. The number of carbonyl (C=O) groups is 1. The summed E-state index contributed by atoms with van der Waals surface area (Å²) in [5.74, 6) is -0.195. The fourth-order valence-electron chi connectivity index (χ4n) is 2.89. The molecule has 1 aromatic heterocycles. The first-order chi connectivity index (χ1) is 12.5. The first-order valence-electron chi connectivity index (χ1n) is 8.40. The summed E-state index contributed by atoms with van der Waals surface area (Å²) in [6, 6.07) is 14.6. The molecule has 1 heterocycles. The molecule has 0 aliphatic rings. The van der Waals surface area contributed by atoms with E-state index in [1.807, 2.05) is 38.1 Å². The summed E-state index contributed by atoms with van der Waals surface area (Å²) < 4.78 is 0. The van der Waals surface area contributed by atoms with Crippen LogP contribution in [0.1, 0.15) is 28.7 Å². The van der Waals surface area contributed by atoms with Gasteiger partial charge in [-0.15, -0.1) is 0 Å². The Morgan fingerprint density at radius 3 is 2.77 bits per heavy atom. The minimum absolute atomic E-state index is 0.162. The van der Waals surface area contributed by atoms with Crippen LogP contribution in [-0.4, -0.2) is 10.9 Å². The molecule has 0 bridgehead atoms. The van der Waals surface area contributed by atoms with Gasteiger partial charge in [0, 0.05) is 17.7 Å². The van der Waals surface area contributed by atoms with Crippen LogP contribution in [0.2, 0.25) is 0 Å². The number of nitrogens with zero attached hydrogens (tertiary/aromatic N) is 1. The van der Waals surface area contributed by atoms with Gasteiger partial charge in [-0.2, -0.15) is 5.26 Å². The number of anilines is 1. The number of aryl methyl sites for hydroxylation is 3. The van der Waals surface area contributed by atoms with Gasteiger partial charge in [-0.05, 0) is 61.0 Å². The zero-order valence-corrected chi connectivity index (χ0v) is 14.7. The summed E-state index contributed by atoms with van der Waals surface area (Å²) in [5, 5.41) is 12.6. The van der Waals surface area contributed by atoms with Gasteiger partial charge in [-0.1, -0.05) is 18.2 Å². The number of pyridine rings is 1. The molecule has 0 aliphatic carbocycles. The zero-order chi connectivity index (χ0) is 18.7. The number of amides is 1. The van der Waals surface area contributed by atoms with Crippen LogP contribution in [0.25, 0.3) is 10.9 Å². The highest BCUT2D eigenvalue weighted by Gasteiger charge is 2.09. The van der Waals surface area contributed by atoms with Crippen molar-refractivity contribution >= 4 is 22.5 Å². The minimum Gasteiger partial charge on any atom is -0.326 e. The van der Waals surface area contributed by atoms with Gasteiger partial charge in [-0.3, -0.25) is 9.59 Å². The van der Waals surface area contributed by atoms with E-state index in [0.717, 1.165) is 22.0 Å². The molecule has 0 unspecified atom stereocenters. The average Bonchev–Trinajstić information content (AvgIpc) is 2.64. The van der Waals surface area contributed by atoms with Gasteiger partial charge < -0.3 is 10.3 Å². The van der Waals surface area contributed by atoms with Crippen LogP contribution in [0.15, 0.2) is 47.3 Å². The Morgan fingerprint density at radius 1 is 1.19 bits per heavy atom. The van der Waals surface area contributed by atoms with Gasteiger partial charge in [0.1, 0.15) is 0 Å². The lowest BCUT2D eigenvalue weighted by atomic mass is 10.0. The summed E-state index contributed by atoms with van der Waals surface area (Å²) >= 11 is 0. The summed E-state index contributed by atoms with van der Waals surface area (Å²) in [6.07, 6.45) is 0.540. The molecule has 0 fully saturated rings. The van der Waals surface area contributed by atoms with Crippen LogP contribution in [-0.2, 0) is 11.2 Å². The first-order valence-corrected chi connectivity index (χ1v) is 8.40. The molecule has 0 saturated carbocycles. The van der Waals surface area contributed by atoms with Gasteiger partial charge in [-0.25, -0.2) is 0 Å².